The van der Waals surface area contributed by atoms with Crippen LogP contribution in [0, 0.1) is 13.8 Å². The number of ether oxygens (including phenoxy) is 1. The molecule has 20 heavy (non-hydrogen) atoms. The van der Waals surface area contributed by atoms with E-state index in [2.05, 4.69) is 50.1 Å². The molecule has 2 aromatic rings. The van der Waals surface area contributed by atoms with E-state index in [1.807, 2.05) is 10.9 Å². The van der Waals surface area contributed by atoms with E-state index in [0.29, 0.717) is 5.92 Å². The number of methoxy groups -OCH3 is 1. The molecule has 1 heterocycles. The van der Waals surface area contributed by atoms with Crippen LogP contribution in [0.25, 0.3) is 0 Å². The summed E-state index contributed by atoms with van der Waals surface area (Å²) in [4.78, 5) is 0. The fraction of sp³-hybridized carbons (Fsp3) is 0.500. The quantitative estimate of drug-likeness (QED) is 0.839. The summed E-state index contributed by atoms with van der Waals surface area (Å²) in [5.41, 5.74) is 4.99. The SMILES string of the molecule is CCn1cc(CC(C)c2c(C)cc(OC)cc2C)nn1. The Morgan fingerprint density at radius 3 is 2.40 bits per heavy atom. The second kappa shape index (κ2) is 6.07. The summed E-state index contributed by atoms with van der Waals surface area (Å²) in [6.07, 6.45) is 2.94. The standard InChI is InChI=1S/C16H23N3O/c1-6-19-10-14(17-18-19)7-11(2)16-12(3)8-15(20-5)9-13(16)4/h8-11H,6-7H2,1-5H3. The summed E-state index contributed by atoms with van der Waals surface area (Å²) in [6.45, 7) is 9.46. The third-order valence-corrected chi connectivity index (χ3v) is 3.72. The maximum Gasteiger partial charge on any atom is 0.119 e. The van der Waals surface area contributed by atoms with Gasteiger partial charge in [-0.15, -0.1) is 5.10 Å². The van der Waals surface area contributed by atoms with Gasteiger partial charge in [0.2, 0.25) is 0 Å². The molecule has 108 valence electrons. The Morgan fingerprint density at radius 1 is 1.25 bits per heavy atom. The van der Waals surface area contributed by atoms with Gasteiger partial charge in [-0.1, -0.05) is 12.1 Å². The molecular weight excluding hydrogens is 250 g/mol. The minimum Gasteiger partial charge on any atom is -0.497 e. The first-order valence-corrected chi connectivity index (χ1v) is 7.09. The van der Waals surface area contributed by atoms with Crippen LogP contribution in [0.2, 0.25) is 0 Å². The van der Waals surface area contributed by atoms with Crippen LogP contribution < -0.4 is 4.74 Å². The predicted octanol–water partition coefficient (Wildman–Crippen LogP) is 3.27. The predicted molar refractivity (Wildman–Crippen MR) is 80.3 cm³/mol. The first-order chi connectivity index (χ1) is 9.55. The van der Waals surface area contributed by atoms with Crippen LogP contribution in [0.5, 0.6) is 5.75 Å². The van der Waals surface area contributed by atoms with Crippen molar-refractivity contribution in [2.45, 2.75) is 46.6 Å². The fourth-order valence-corrected chi connectivity index (χ4v) is 2.83. The molecule has 0 N–H and O–H groups in total. The highest BCUT2D eigenvalue weighted by Gasteiger charge is 2.15. The molecule has 2 rings (SSSR count). The van der Waals surface area contributed by atoms with Crippen LogP contribution >= 0.6 is 0 Å². The lowest BCUT2D eigenvalue weighted by molar-refractivity contribution is 0.414. The molecule has 0 radical (unpaired) electrons. The van der Waals surface area contributed by atoms with Gasteiger partial charge in [-0.05, 0) is 61.9 Å². The summed E-state index contributed by atoms with van der Waals surface area (Å²) >= 11 is 0. The molecule has 1 atom stereocenters. The molecular formula is C16H23N3O. The normalized spacial score (nSPS) is 12.4. The van der Waals surface area contributed by atoms with Gasteiger partial charge in [0.05, 0.1) is 12.8 Å². The van der Waals surface area contributed by atoms with Crippen LogP contribution in [-0.4, -0.2) is 22.1 Å². The highest BCUT2D eigenvalue weighted by molar-refractivity contribution is 5.43. The summed E-state index contributed by atoms with van der Waals surface area (Å²) < 4.78 is 7.19. The molecule has 0 aliphatic rings. The van der Waals surface area contributed by atoms with Crippen molar-refractivity contribution in [1.82, 2.24) is 15.0 Å². The lowest BCUT2D eigenvalue weighted by atomic mass is 9.89. The first kappa shape index (κ1) is 14.6. The van der Waals surface area contributed by atoms with E-state index >= 15 is 0 Å². The maximum absolute atomic E-state index is 5.32. The van der Waals surface area contributed by atoms with Gasteiger partial charge in [-0.3, -0.25) is 4.68 Å². The minimum atomic E-state index is 0.419. The van der Waals surface area contributed by atoms with E-state index in [1.165, 1.54) is 16.7 Å². The Balaban J connectivity index is 2.22. The number of aromatic nitrogens is 3. The molecule has 1 unspecified atom stereocenters. The Bertz CT molecular complexity index is 566. The molecule has 0 aliphatic carbocycles. The second-order valence-corrected chi connectivity index (χ2v) is 5.35. The van der Waals surface area contributed by atoms with Gasteiger partial charge in [0.1, 0.15) is 5.75 Å². The third kappa shape index (κ3) is 3.00. The number of rotatable bonds is 5. The molecule has 0 saturated carbocycles. The van der Waals surface area contributed by atoms with Crippen molar-refractivity contribution in [3.63, 3.8) is 0 Å². The zero-order valence-corrected chi connectivity index (χ0v) is 13.0. The molecule has 4 nitrogen and oxygen atoms in total. The monoisotopic (exact) mass is 273 g/mol. The van der Waals surface area contributed by atoms with Crippen molar-refractivity contribution in [2.75, 3.05) is 7.11 Å². The van der Waals surface area contributed by atoms with Crippen LogP contribution in [0.15, 0.2) is 18.3 Å². The maximum atomic E-state index is 5.32. The number of nitrogens with zero attached hydrogens (tertiary/aromatic N) is 3. The Kier molecular flexibility index (Phi) is 4.42. The Hall–Kier alpha value is -1.84. The van der Waals surface area contributed by atoms with E-state index in [-0.39, 0.29) is 0 Å². The third-order valence-electron chi connectivity index (χ3n) is 3.72. The largest absolute Gasteiger partial charge is 0.497 e. The van der Waals surface area contributed by atoms with Crippen molar-refractivity contribution in [1.29, 1.82) is 0 Å². The summed E-state index contributed by atoms with van der Waals surface area (Å²) in [7, 11) is 1.71. The van der Waals surface area contributed by atoms with E-state index in [4.69, 9.17) is 4.74 Å². The van der Waals surface area contributed by atoms with E-state index < -0.39 is 0 Å². The van der Waals surface area contributed by atoms with Crippen molar-refractivity contribution in [2.24, 2.45) is 0 Å². The number of hydrogen-bond acceptors (Lipinski definition) is 3. The Morgan fingerprint density at radius 2 is 1.90 bits per heavy atom. The number of benzene rings is 1. The number of hydrogen-bond donors (Lipinski definition) is 0. The highest BCUT2D eigenvalue weighted by atomic mass is 16.5. The molecule has 0 saturated heterocycles. The van der Waals surface area contributed by atoms with Gasteiger partial charge in [0, 0.05) is 12.7 Å². The van der Waals surface area contributed by atoms with Crippen molar-refractivity contribution in [3.05, 3.63) is 40.7 Å². The molecule has 0 spiro atoms. The summed E-state index contributed by atoms with van der Waals surface area (Å²) in [6, 6.07) is 4.20. The van der Waals surface area contributed by atoms with Gasteiger partial charge in [-0.25, -0.2) is 0 Å². The number of aryl methyl sites for hydroxylation is 3. The lowest BCUT2D eigenvalue weighted by Gasteiger charge is -2.17. The van der Waals surface area contributed by atoms with E-state index in [1.54, 1.807) is 7.11 Å². The molecule has 0 amide bonds. The Labute approximate surface area is 120 Å². The first-order valence-electron chi connectivity index (χ1n) is 7.09. The molecule has 1 aromatic carbocycles. The topological polar surface area (TPSA) is 39.9 Å². The van der Waals surface area contributed by atoms with Gasteiger partial charge < -0.3 is 4.74 Å². The molecule has 0 fully saturated rings. The lowest BCUT2D eigenvalue weighted by Crippen LogP contribution is -2.04. The zero-order valence-electron chi connectivity index (χ0n) is 13.0. The molecule has 0 bridgehead atoms. The van der Waals surface area contributed by atoms with E-state index in [9.17, 15) is 0 Å². The van der Waals surface area contributed by atoms with Gasteiger partial charge in [-0.2, -0.15) is 0 Å². The average molecular weight is 273 g/mol. The van der Waals surface area contributed by atoms with Crippen molar-refractivity contribution >= 4 is 0 Å². The highest BCUT2D eigenvalue weighted by Crippen LogP contribution is 2.29. The minimum absolute atomic E-state index is 0.419. The summed E-state index contributed by atoms with van der Waals surface area (Å²) in [5.74, 6) is 1.34. The molecule has 0 aliphatic heterocycles. The van der Waals surface area contributed by atoms with Crippen LogP contribution in [0.3, 0.4) is 0 Å². The molecule has 1 aromatic heterocycles. The van der Waals surface area contributed by atoms with Crippen LogP contribution in [-0.2, 0) is 13.0 Å². The second-order valence-electron chi connectivity index (χ2n) is 5.35. The van der Waals surface area contributed by atoms with Gasteiger partial charge in [0.15, 0.2) is 0 Å². The van der Waals surface area contributed by atoms with Gasteiger partial charge in [0.25, 0.3) is 0 Å². The van der Waals surface area contributed by atoms with Crippen LogP contribution in [0.4, 0.5) is 0 Å². The van der Waals surface area contributed by atoms with Crippen molar-refractivity contribution in [3.8, 4) is 5.75 Å². The van der Waals surface area contributed by atoms with Crippen LogP contribution in [0.1, 0.15) is 42.1 Å². The zero-order chi connectivity index (χ0) is 14.7. The summed E-state index contributed by atoms with van der Waals surface area (Å²) in [5, 5.41) is 8.33. The average Bonchev–Trinajstić information content (AvgIpc) is 2.85. The fourth-order valence-electron chi connectivity index (χ4n) is 2.83. The molecule has 4 heteroatoms. The van der Waals surface area contributed by atoms with Gasteiger partial charge >= 0.3 is 0 Å². The smallest absolute Gasteiger partial charge is 0.119 e. The van der Waals surface area contributed by atoms with E-state index in [0.717, 1.165) is 24.4 Å². The van der Waals surface area contributed by atoms with Crippen molar-refractivity contribution < 1.29 is 4.74 Å².